The van der Waals surface area contributed by atoms with Crippen molar-refractivity contribution in [1.82, 2.24) is 4.90 Å². The van der Waals surface area contributed by atoms with E-state index >= 15 is 0 Å². The van der Waals surface area contributed by atoms with Gasteiger partial charge in [-0.1, -0.05) is 0 Å². The summed E-state index contributed by atoms with van der Waals surface area (Å²) in [7, 11) is 0. The second-order valence-corrected chi connectivity index (χ2v) is 4.81. The average Bonchev–Trinajstić information content (AvgIpc) is 2.78. The van der Waals surface area contributed by atoms with Crippen molar-refractivity contribution in [2.75, 3.05) is 19.7 Å². The van der Waals surface area contributed by atoms with Gasteiger partial charge < -0.3 is 9.47 Å². The number of ether oxygens (including phenoxy) is 2. The van der Waals surface area contributed by atoms with Gasteiger partial charge in [-0.25, -0.2) is 0 Å². The lowest BCUT2D eigenvalue weighted by Gasteiger charge is -2.25. The molecule has 96 valence electrons. The van der Waals surface area contributed by atoms with E-state index in [9.17, 15) is 9.59 Å². The highest BCUT2D eigenvalue weighted by Crippen LogP contribution is 2.34. The van der Waals surface area contributed by atoms with E-state index in [1.54, 1.807) is 0 Å². The lowest BCUT2D eigenvalue weighted by atomic mass is 9.97. The maximum atomic E-state index is 11.0. The predicted molar refractivity (Wildman–Crippen MR) is 60.3 cm³/mol. The first kappa shape index (κ1) is 12.4. The molecule has 17 heavy (non-hydrogen) atoms. The van der Waals surface area contributed by atoms with Crippen molar-refractivity contribution in [2.24, 2.45) is 5.92 Å². The minimum Gasteiger partial charge on any atom is -0.466 e. The maximum Gasteiger partial charge on any atom is 0.302 e. The summed E-state index contributed by atoms with van der Waals surface area (Å²) in [5.41, 5.74) is 0. The first-order chi connectivity index (χ1) is 8.08. The van der Waals surface area contributed by atoms with Crippen LogP contribution in [0.4, 0.5) is 0 Å². The Labute approximate surface area is 101 Å². The Hall–Kier alpha value is -1.10. The molecule has 0 amide bonds. The lowest BCUT2D eigenvalue weighted by Crippen LogP contribution is -2.38. The maximum absolute atomic E-state index is 11.0. The van der Waals surface area contributed by atoms with Crippen LogP contribution in [0.25, 0.3) is 0 Å². The molecule has 0 aromatic rings. The van der Waals surface area contributed by atoms with E-state index in [4.69, 9.17) is 9.47 Å². The Bertz CT molecular complexity index is 318. The van der Waals surface area contributed by atoms with Gasteiger partial charge in [-0.05, 0) is 19.4 Å². The average molecular weight is 241 g/mol. The molecule has 0 radical (unpaired) electrons. The summed E-state index contributed by atoms with van der Waals surface area (Å²) < 4.78 is 10.4. The molecule has 0 N–H and O–H groups in total. The molecule has 2 saturated heterocycles. The highest BCUT2D eigenvalue weighted by molar-refractivity contribution is 5.66. The molecule has 0 bridgehead atoms. The summed E-state index contributed by atoms with van der Waals surface area (Å²) in [6.45, 7) is 5.28. The summed E-state index contributed by atoms with van der Waals surface area (Å²) in [4.78, 5) is 24.2. The lowest BCUT2D eigenvalue weighted by molar-refractivity contribution is -0.150. The highest BCUT2D eigenvalue weighted by Gasteiger charge is 2.45. The minimum atomic E-state index is -0.245. The molecule has 0 aliphatic carbocycles. The van der Waals surface area contributed by atoms with Gasteiger partial charge in [0.05, 0.1) is 12.6 Å². The number of hydrogen-bond acceptors (Lipinski definition) is 5. The quantitative estimate of drug-likeness (QED) is 0.676. The normalized spacial score (nSPS) is 32.2. The summed E-state index contributed by atoms with van der Waals surface area (Å²) in [6.07, 6.45) is 1.87. The van der Waals surface area contributed by atoms with Crippen LogP contribution < -0.4 is 0 Å². The zero-order valence-corrected chi connectivity index (χ0v) is 10.3. The van der Waals surface area contributed by atoms with Crippen molar-refractivity contribution in [1.29, 1.82) is 0 Å². The van der Waals surface area contributed by atoms with Crippen molar-refractivity contribution < 1.29 is 19.1 Å². The first-order valence-corrected chi connectivity index (χ1v) is 6.12. The number of hydrogen-bond donors (Lipinski definition) is 0. The summed E-state index contributed by atoms with van der Waals surface area (Å²) >= 11 is 0. The van der Waals surface area contributed by atoms with Crippen LogP contribution in [0.2, 0.25) is 0 Å². The Morgan fingerprint density at radius 1 is 1.18 bits per heavy atom. The summed E-state index contributed by atoms with van der Waals surface area (Å²) in [5, 5.41) is 0. The highest BCUT2D eigenvalue weighted by atomic mass is 16.5. The molecule has 2 aliphatic rings. The Morgan fingerprint density at radius 2 is 1.88 bits per heavy atom. The fourth-order valence-electron chi connectivity index (χ4n) is 2.96. The van der Waals surface area contributed by atoms with Crippen LogP contribution in [0.5, 0.6) is 0 Å². The number of esters is 2. The van der Waals surface area contributed by atoms with Crippen molar-refractivity contribution in [2.45, 2.75) is 38.8 Å². The van der Waals surface area contributed by atoms with Gasteiger partial charge in [0.25, 0.3) is 0 Å². The van der Waals surface area contributed by atoms with Crippen LogP contribution >= 0.6 is 0 Å². The topological polar surface area (TPSA) is 55.8 Å². The Morgan fingerprint density at radius 3 is 2.53 bits per heavy atom. The molecule has 3 atom stereocenters. The molecular formula is C12H19NO4. The third kappa shape index (κ3) is 2.77. The van der Waals surface area contributed by atoms with E-state index < -0.39 is 0 Å². The molecule has 0 aromatic heterocycles. The number of fused-ring (bicyclic) bond motifs is 1. The van der Waals surface area contributed by atoms with Gasteiger partial charge >= 0.3 is 11.9 Å². The number of nitrogens with zero attached hydrogens (tertiary/aromatic N) is 1. The molecule has 2 aliphatic heterocycles. The van der Waals surface area contributed by atoms with Gasteiger partial charge in [0, 0.05) is 26.3 Å². The predicted octanol–water partition coefficient (Wildman–Crippen LogP) is 0.575. The number of carbonyl (C=O) groups is 2. The van der Waals surface area contributed by atoms with Gasteiger partial charge in [-0.2, -0.15) is 0 Å². The van der Waals surface area contributed by atoms with E-state index in [1.807, 2.05) is 0 Å². The van der Waals surface area contributed by atoms with Gasteiger partial charge in [-0.15, -0.1) is 0 Å². The third-order valence-electron chi connectivity index (χ3n) is 3.59. The Kier molecular flexibility index (Phi) is 3.66. The van der Waals surface area contributed by atoms with Crippen LogP contribution in [0, 0.1) is 5.92 Å². The van der Waals surface area contributed by atoms with Crippen molar-refractivity contribution >= 4 is 11.9 Å². The molecule has 2 rings (SSSR count). The van der Waals surface area contributed by atoms with Gasteiger partial charge in [0.15, 0.2) is 0 Å². The van der Waals surface area contributed by atoms with Gasteiger partial charge in [0.1, 0.15) is 6.10 Å². The standard InChI is InChI=1S/C12H19NO4/c1-8(14)16-7-10-3-5-13-6-4-11(12(10)13)17-9(2)15/h10-12H,3-7H2,1-2H3/t10-,11+,12+/m1/s1. The molecule has 2 heterocycles. The fourth-order valence-corrected chi connectivity index (χ4v) is 2.96. The van der Waals surface area contributed by atoms with Gasteiger partial charge in [-0.3, -0.25) is 14.5 Å². The van der Waals surface area contributed by atoms with E-state index in [-0.39, 0.29) is 24.1 Å². The zero-order valence-electron chi connectivity index (χ0n) is 10.3. The monoisotopic (exact) mass is 241 g/mol. The van der Waals surface area contributed by atoms with Crippen LogP contribution in [-0.2, 0) is 19.1 Å². The zero-order chi connectivity index (χ0) is 12.4. The second-order valence-electron chi connectivity index (χ2n) is 4.81. The van der Waals surface area contributed by atoms with Crippen molar-refractivity contribution in [3.63, 3.8) is 0 Å². The summed E-state index contributed by atoms with van der Waals surface area (Å²) in [5.74, 6) is -0.175. The Balaban J connectivity index is 1.95. The number of rotatable bonds is 3. The molecule has 0 saturated carbocycles. The van der Waals surface area contributed by atoms with Gasteiger partial charge in [0.2, 0.25) is 0 Å². The number of carbonyl (C=O) groups excluding carboxylic acids is 2. The fraction of sp³-hybridized carbons (Fsp3) is 0.833. The molecule has 5 nitrogen and oxygen atoms in total. The van der Waals surface area contributed by atoms with Crippen molar-refractivity contribution in [3.8, 4) is 0 Å². The molecule has 0 aromatic carbocycles. The molecule has 0 spiro atoms. The van der Waals surface area contributed by atoms with E-state index in [2.05, 4.69) is 4.90 Å². The third-order valence-corrected chi connectivity index (χ3v) is 3.59. The van der Waals surface area contributed by atoms with Crippen LogP contribution in [0.15, 0.2) is 0 Å². The molecule has 5 heteroatoms. The van der Waals surface area contributed by atoms with E-state index in [0.717, 1.165) is 25.9 Å². The summed E-state index contributed by atoms with van der Waals surface area (Å²) in [6, 6.07) is 0.234. The van der Waals surface area contributed by atoms with Crippen LogP contribution in [0.1, 0.15) is 26.7 Å². The SMILES string of the molecule is CC(=O)OC[C@H]1CCN2CC[C@H](OC(C)=O)[C@H]12. The largest absolute Gasteiger partial charge is 0.466 e. The van der Waals surface area contributed by atoms with Crippen LogP contribution in [-0.4, -0.2) is 48.7 Å². The van der Waals surface area contributed by atoms with E-state index in [1.165, 1.54) is 13.8 Å². The first-order valence-electron chi connectivity index (χ1n) is 6.12. The smallest absolute Gasteiger partial charge is 0.302 e. The second kappa shape index (κ2) is 5.04. The molecule has 2 fully saturated rings. The molecular weight excluding hydrogens is 222 g/mol. The minimum absolute atomic E-state index is 0.0319. The van der Waals surface area contributed by atoms with Crippen LogP contribution in [0.3, 0.4) is 0 Å². The molecule has 0 unspecified atom stereocenters. The van der Waals surface area contributed by atoms with Crippen molar-refractivity contribution in [3.05, 3.63) is 0 Å². The van der Waals surface area contributed by atoms with E-state index in [0.29, 0.717) is 12.5 Å².